The first kappa shape index (κ1) is 31.9. The van der Waals surface area contributed by atoms with Gasteiger partial charge in [-0.3, -0.25) is 22.7 Å². The van der Waals surface area contributed by atoms with E-state index in [1.54, 1.807) is 0 Å². The molecule has 0 amide bonds. The Morgan fingerprint density at radius 2 is 1.71 bits per heavy atom. The van der Waals surface area contributed by atoms with Crippen molar-refractivity contribution in [2.75, 3.05) is 19.1 Å². The third kappa shape index (κ3) is 4.72. The van der Waals surface area contributed by atoms with Gasteiger partial charge in [0.1, 0.15) is 17.8 Å². The van der Waals surface area contributed by atoms with Gasteiger partial charge in [0.25, 0.3) is 20.2 Å². The molecule has 0 aromatic carbocycles. The standard InChI is InChI=1S/C26H35FO12S2/c1-13-9-16-20-22(39-41(6,35)36)21(38-40(5,33)34)17-10-15(29)7-8-23(17,3)25(20,27)18(30)11-24(16,4)26(13,32)19(31)12-37-14(2)28/h7-8,10,13,16,18,20-22,30,32H,9,11-12H2,1-6H3/t13?,16-,18?,20+,21?,22?,23-,24-,25+,26-/m0/s1. The Bertz CT molecular complexity index is 1450. The Kier molecular flexibility index (Phi) is 7.58. The van der Waals surface area contributed by atoms with Crippen molar-refractivity contribution in [1.82, 2.24) is 0 Å². The van der Waals surface area contributed by atoms with Crippen molar-refractivity contribution < 1.29 is 58.9 Å². The maximum atomic E-state index is 18.0. The Balaban J connectivity index is 1.99. The smallest absolute Gasteiger partial charge is 0.303 e. The van der Waals surface area contributed by atoms with Gasteiger partial charge in [0, 0.05) is 23.7 Å². The number of aliphatic hydroxyl groups is 2. The molecule has 0 aromatic heterocycles. The van der Waals surface area contributed by atoms with Crippen LogP contribution in [0.1, 0.15) is 40.5 Å². The Morgan fingerprint density at radius 3 is 2.24 bits per heavy atom. The summed E-state index contributed by atoms with van der Waals surface area (Å²) in [4.78, 5) is 37.2. The second-order valence-electron chi connectivity index (χ2n) is 12.2. The fourth-order valence-electron chi connectivity index (χ4n) is 8.00. The number of carbonyl (C=O) groups excluding carboxylic acids is 3. The molecule has 0 heterocycles. The van der Waals surface area contributed by atoms with Crippen molar-refractivity contribution in [3.05, 3.63) is 23.8 Å². The molecule has 10 atom stereocenters. The van der Waals surface area contributed by atoms with Crippen LogP contribution < -0.4 is 0 Å². The van der Waals surface area contributed by atoms with Crippen LogP contribution in [0.2, 0.25) is 0 Å². The predicted molar refractivity (Wildman–Crippen MR) is 140 cm³/mol. The fourth-order valence-corrected chi connectivity index (χ4v) is 9.21. The lowest BCUT2D eigenvalue weighted by atomic mass is 9.43. The van der Waals surface area contributed by atoms with Crippen LogP contribution in [0.3, 0.4) is 0 Å². The van der Waals surface area contributed by atoms with E-state index in [1.807, 2.05) is 0 Å². The van der Waals surface area contributed by atoms with E-state index in [0.29, 0.717) is 12.5 Å². The first-order chi connectivity index (χ1) is 18.5. The van der Waals surface area contributed by atoms with Gasteiger partial charge in [0.15, 0.2) is 18.1 Å². The number of rotatable bonds is 7. The fraction of sp³-hybridized carbons (Fsp3) is 0.731. The molecule has 15 heteroatoms. The molecule has 4 aliphatic carbocycles. The molecule has 0 aliphatic heterocycles. The minimum Gasteiger partial charge on any atom is -0.458 e. The van der Waals surface area contributed by atoms with Crippen LogP contribution in [0.25, 0.3) is 0 Å². The van der Waals surface area contributed by atoms with Gasteiger partial charge in [-0.2, -0.15) is 16.8 Å². The summed E-state index contributed by atoms with van der Waals surface area (Å²) < 4.78 is 83.4. The monoisotopic (exact) mass is 622 g/mol. The molecule has 0 spiro atoms. The Hall–Kier alpha value is -2.04. The third-order valence-corrected chi connectivity index (χ3v) is 10.8. The van der Waals surface area contributed by atoms with E-state index in [-0.39, 0.29) is 12.0 Å². The Labute approximate surface area is 238 Å². The zero-order valence-electron chi connectivity index (χ0n) is 23.5. The van der Waals surface area contributed by atoms with Crippen LogP contribution in [0.5, 0.6) is 0 Å². The van der Waals surface area contributed by atoms with Crippen molar-refractivity contribution in [3.8, 4) is 0 Å². The first-order valence-corrected chi connectivity index (χ1v) is 16.6. The quantitative estimate of drug-likeness (QED) is 0.294. The van der Waals surface area contributed by atoms with Gasteiger partial charge in [-0.05, 0) is 49.3 Å². The number of alkyl halides is 1. The highest BCUT2D eigenvalue weighted by Gasteiger charge is 2.79. The summed E-state index contributed by atoms with van der Waals surface area (Å²) in [5.74, 6) is -5.96. The predicted octanol–water partition coefficient (Wildman–Crippen LogP) is 0.376. The van der Waals surface area contributed by atoms with Crippen LogP contribution >= 0.6 is 0 Å². The van der Waals surface area contributed by atoms with Crippen LogP contribution in [-0.4, -0.2) is 93.3 Å². The molecular formula is C26H35FO12S2. The number of carbonyl (C=O) groups is 3. The highest BCUT2D eigenvalue weighted by Crippen LogP contribution is 2.71. The lowest BCUT2D eigenvalue weighted by Gasteiger charge is -2.65. The number of esters is 1. The number of ether oxygens (including phenoxy) is 1. The first-order valence-electron chi connectivity index (χ1n) is 13.0. The van der Waals surface area contributed by atoms with Gasteiger partial charge in [0.2, 0.25) is 5.78 Å². The van der Waals surface area contributed by atoms with Crippen LogP contribution in [-0.2, 0) is 47.7 Å². The van der Waals surface area contributed by atoms with Gasteiger partial charge in [-0.15, -0.1) is 0 Å². The molecule has 0 aromatic rings. The summed E-state index contributed by atoms with van der Waals surface area (Å²) in [6.07, 6.45) is -1.70. The largest absolute Gasteiger partial charge is 0.458 e. The van der Waals surface area contributed by atoms with Crippen molar-refractivity contribution in [2.24, 2.45) is 28.6 Å². The molecular weight excluding hydrogens is 587 g/mol. The molecule has 0 bridgehead atoms. The molecule has 41 heavy (non-hydrogen) atoms. The second-order valence-corrected chi connectivity index (χ2v) is 15.4. The SMILES string of the molecule is CC(=O)OCC(=O)[C@@]1(O)C(C)C[C@H]2[C@@H]3C(OS(C)(=O)=O)C(OS(C)(=O)=O)C4=CC(=O)C=C[C@]4(C)[C@@]3(F)C(O)C[C@@]21C. The Morgan fingerprint density at radius 1 is 1.12 bits per heavy atom. The van der Waals surface area contributed by atoms with Crippen molar-refractivity contribution in [1.29, 1.82) is 0 Å². The van der Waals surface area contributed by atoms with Crippen LogP contribution in [0.15, 0.2) is 23.8 Å². The molecule has 0 radical (unpaired) electrons. The normalized spacial score (nSPS) is 43.9. The van der Waals surface area contributed by atoms with E-state index in [2.05, 4.69) is 0 Å². The summed E-state index contributed by atoms with van der Waals surface area (Å²) in [5, 5.41) is 23.6. The molecule has 4 rings (SSSR count). The molecule has 3 saturated carbocycles. The molecule has 4 unspecified atom stereocenters. The van der Waals surface area contributed by atoms with Gasteiger partial charge in [-0.25, -0.2) is 4.39 Å². The van der Waals surface area contributed by atoms with Crippen molar-refractivity contribution in [3.63, 3.8) is 0 Å². The number of ketones is 2. The van der Waals surface area contributed by atoms with Crippen molar-refractivity contribution >= 4 is 37.8 Å². The van der Waals surface area contributed by atoms with E-state index in [4.69, 9.17) is 13.1 Å². The van der Waals surface area contributed by atoms with Crippen molar-refractivity contribution in [2.45, 2.75) is 70.1 Å². The molecule has 0 saturated heterocycles. The highest BCUT2D eigenvalue weighted by molar-refractivity contribution is 7.86. The summed E-state index contributed by atoms with van der Waals surface area (Å²) in [6.45, 7) is 4.60. The lowest BCUT2D eigenvalue weighted by Crippen LogP contribution is -2.75. The number of allylic oxidation sites excluding steroid dienone is 3. The number of aliphatic hydroxyl groups excluding tert-OH is 1. The van der Waals surface area contributed by atoms with E-state index in [0.717, 1.165) is 19.1 Å². The summed E-state index contributed by atoms with van der Waals surface area (Å²) in [5.41, 5.74) is -8.78. The number of hydrogen-bond donors (Lipinski definition) is 2. The van der Waals surface area contributed by atoms with Gasteiger partial charge >= 0.3 is 5.97 Å². The minimum atomic E-state index is -4.44. The third-order valence-electron chi connectivity index (χ3n) is 9.66. The zero-order chi connectivity index (χ0) is 31.1. The number of hydrogen-bond acceptors (Lipinski definition) is 12. The maximum Gasteiger partial charge on any atom is 0.303 e. The summed E-state index contributed by atoms with van der Waals surface area (Å²) in [7, 11) is -8.81. The highest BCUT2D eigenvalue weighted by atomic mass is 32.2. The van der Waals surface area contributed by atoms with Crippen LogP contribution in [0, 0.1) is 28.6 Å². The maximum absolute atomic E-state index is 18.0. The minimum absolute atomic E-state index is 0.0745. The zero-order valence-corrected chi connectivity index (χ0v) is 25.1. The topological polar surface area (TPSA) is 188 Å². The molecule has 3 fully saturated rings. The van der Waals surface area contributed by atoms with E-state index >= 15 is 4.39 Å². The number of Topliss-reactive ketones (excluding diaryl/α,β-unsaturated/α-hetero) is 1. The van der Waals surface area contributed by atoms with Gasteiger partial charge in [0.05, 0.1) is 18.6 Å². The number of fused-ring (bicyclic) bond motifs is 5. The van der Waals surface area contributed by atoms with E-state index in [9.17, 15) is 41.4 Å². The summed E-state index contributed by atoms with van der Waals surface area (Å²) in [6, 6.07) is 0. The lowest BCUT2D eigenvalue weighted by molar-refractivity contribution is -0.246. The summed E-state index contributed by atoms with van der Waals surface area (Å²) >= 11 is 0. The van der Waals surface area contributed by atoms with E-state index in [1.165, 1.54) is 26.8 Å². The van der Waals surface area contributed by atoms with Gasteiger partial charge < -0.3 is 14.9 Å². The molecule has 2 N–H and O–H groups in total. The van der Waals surface area contributed by atoms with Gasteiger partial charge in [-0.1, -0.05) is 19.9 Å². The van der Waals surface area contributed by atoms with Crippen LogP contribution in [0.4, 0.5) is 4.39 Å². The second kappa shape index (κ2) is 9.74. The average molecular weight is 623 g/mol. The molecule has 4 aliphatic rings. The number of halogens is 1. The molecule has 230 valence electrons. The molecule has 12 nitrogen and oxygen atoms in total. The van der Waals surface area contributed by atoms with E-state index < -0.39 is 109 Å². The average Bonchev–Trinajstić information content (AvgIpc) is 3.01.